The summed E-state index contributed by atoms with van der Waals surface area (Å²) in [5, 5.41) is 9.49. The quantitative estimate of drug-likeness (QED) is 0.298. The maximum Gasteiger partial charge on any atom is 0.416 e. The first kappa shape index (κ1) is 39.6. The number of hydrogen-bond donors (Lipinski definition) is 1. The Balaban J connectivity index is 1.28. The van der Waals surface area contributed by atoms with Gasteiger partial charge in [-0.2, -0.15) is 26.3 Å². The van der Waals surface area contributed by atoms with Crippen LogP contribution in [0.3, 0.4) is 0 Å². The van der Waals surface area contributed by atoms with Gasteiger partial charge in [-0.15, -0.1) is 0 Å². The fourth-order valence-corrected chi connectivity index (χ4v) is 8.87. The smallest absolute Gasteiger partial charge is 0.416 e. The highest BCUT2D eigenvalue weighted by Crippen LogP contribution is 2.46. The molecule has 4 aliphatic heterocycles. The zero-order valence-electron chi connectivity index (χ0n) is 30.1. The number of hydrogen-bond acceptors (Lipinski definition) is 6. The molecule has 0 radical (unpaired) electrons. The predicted octanol–water partition coefficient (Wildman–Crippen LogP) is 6.33. The van der Waals surface area contributed by atoms with Crippen molar-refractivity contribution < 1.29 is 55.0 Å². The van der Waals surface area contributed by atoms with Crippen molar-refractivity contribution in [2.45, 2.75) is 74.9 Å². The van der Waals surface area contributed by atoms with Crippen molar-refractivity contribution in [2.24, 2.45) is 11.8 Å². The standard InChI is InChI=1S/C38H45F7N4O5/c1-3-23-18-48(19-29(23)28-11-8-26(37(40,41)42)17-31(28)47-15-12-25(13-16-47)34(51)52)35(53)36(39)22-46(20-30(36)24-6-9-27(54-2)10-7-24)21-33(50)49-14-4-5-32(49)38(43,44)45/h6-11,17,23,25,29-30,32H,3-5,12-16,18-22H2,1-2H3,(H,51,52)/t23-,29-,30-,32-,36-/m0/s1. The summed E-state index contributed by atoms with van der Waals surface area (Å²) in [6, 6.07) is 7.98. The van der Waals surface area contributed by atoms with Crippen molar-refractivity contribution in [3.05, 3.63) is 59.2 Å². The lowest BCUT2D eigenvalue weighted by Gasteiger charge is -2.35. The minimum absolute atomic E-state index is 0.00225. The van der Waals surface area contributed by atoms with Crippen molar-refractivity contribution >= 4 is 23.5 Å². The Morgan fingerprint density at radius 3 is 2.20 bits per heavy atom. The van der Waals surface area contributed by atoms with E-state index in [0.29, 0.717) is 29.0 Å². The lowest BCUT2D eigenvalue weighted by Crippen LogP contribution is -2.51. The van der Waals surface area contributed by atoms with Crippen LogP contribution in [0.4, 0.5) is 36.4 Å². The fourth-order valence-electron chi connectivity index (χ4n) is 8.87. The molecule has 0 bridgehead atoms. The Hall–Kier alpha value is -4.08. The number of ether oxygens (including phenoxy) is 1. The van der Waals surface area contributed by atoms with E-state index in [9.17, 15) is 45.8 Å². The molecule has 0 unspecified atom stereocenters. The number of piperidine rings is 1. The minimum atomic E-state index is -4.64. The molecule has 2 aromatic rings. The summed E-state index contributed by atoms with van der Waals surface area (Å²) in [4.78, 5) is 44.7. The molecular formula is C38H45F7N4O5. The van der Waals surface area contributed by atoms with E-state index >= 15 is 4.39 Å². The molecule has 4 saturated heterocycles. The molecule has 6 rings (SSSR count). The second kappa shape index (κ2) is 15.2. The number of aliphatic carboxylic acids is 1. The Bertz CT molecular complexity index is 1700. The minimum Gasteiger partial charge on any atom is -0.497 e. The van der Waals surface area contributed by atoms with Gasteiger partial charge in [0.1, 0.15) is 11.8 Å². The van der Waals surface area contributed by atoms with E-state index in [2.05, 4.69) is 0 Å². The van der Waals surface area contributed by atoms with Crippen LogP contribution in [-0.2, 0) is 20.6 Å². The van der Waals surface area contributed by atoms with Crippen molar-refractivity contribution in [3.8, 4) is 5.75 Å². The van der Waals surface area contributed by atoms with Crippen LogP contribution in [0.5, 0.6) is 5.75 Å². The van der Waals surface area contributed by atoms with Gasteiger partial charge in [-0.3, -0.25) is 19.3 Å². The highest BCUT2D eigenvalue weighted by atomic mass is 19.4. The first-order valence-electron chi connectivity index (χ1n) is 18.3. The normalized spacial score (nSPS) is 27.2. The van der Waals surface area contributed by atoms with Crippen LogP contribution in [0, 0.1) is 11.8 Å². The molecule has 4 fully saturated rings. The van der Waals surface area contributed by atoms with Crippen LogP contribution in [0.1, 0.15) is 67.6 Å². The zero-order chi connectivity index (χ0) is 39.2. The average molecular weight is 771 g/mol. The van der Waals surface area contributed by atoms with E-state index in [1.165, 1.54) is 23.0 Å². The molecule has 0 spiro atoms. The highest BCUT2D eigenvalue weighted by molar-refractivity contribution is 5.88. The molecule has 0 aromatic heterocycles. The molecule has 296 valence electrons. The Morgan fingerprint density at radius 2 is 1.61 bits per heavy atom. The molecule has 4 heterocycles. The summed E-state index contributed by atoms with van der Waals surface area (Å²) in [6.45, 7) is 1.21. The van der Waals surface area contributed by atoms with Gasteiger partial charge < -0.3 is 24.5 Å². The lowest BCUT2D eigenvalue weighted by molar-refractivity contribution is -0.183. The number of carbonyl (C=O) groups excluding carboxylic acids is 2. The van der Waals surface area contributed by atoms with Gasteiger partial charge in [-0.25, -0.2) is 4.39 Å². The SMILES string of the molecule is CC[C@H]1CN(C(=O)[C@]2(F)CN(CC(=O)N3CCC[C@H]3C(F)(F)F)C[C@H]2c2ccc(OC)cc2)C[C@@H]1c1ccc(C(F)(F)F)cc1N1CCC(C(=O)O)CC1. The molecule has 1 N–H and O–H groups in total. The molecular weight excluding hydrogens is 725 g/mol. The molecule has 16 heteroatoms. The Morgan fingerprint density at radius 1 is 0.926 bits per heavy atom. The van der Waals surface area contributed by atoms with Gasteiger partial charge in [0.15, 0.2) is 0 Å². The first-order chi connectivity index (χ1) is 25.4. The van der Waals surface area contributed by atoms with Crippen LogP contribution >= 0.6 is 0 Å². The number of carboxylic acid groups (broad SMARTS) is 1. The summed E-state index contributed by atoms with van der Waals surface area (Å²) >= 11 is 0. The van der Waals surface area contributed by atoms with E-state index < -0.39 is 78.3 Å². The van der Waals surface area contributed by atoms with Crippen LogP contribution < -0.4 is 9.64 Å². The summed E-state index contributed by atoms with van der Waals surface area (Å²) in [6.07, 6.45) is -8.24. The van der Waals surface area contributed by atoms with Gasteiger partial charge in [0, 0.05) is 63.3 Å². The van der Waals surface area contributed by atoms with Crippen molar-refractivity contribution in [1.82, 2.24) is 14.7 Å². The number of likely N-dealkylation sites (tertiary alicyclic amines) is 3. The number of benzene rings is 2. The number of nitrogens with zero attached hydrogens (tertiary/aromatic N) is 4. The number of rotatable bonds is 9. The molecule has 4 aliphatic rings. The third-order valence-corrected chi connectivity index (χ3v) is 11.8. The van der Waals surface area contributed by atoms with Gasteiger partial charge in [0.05, 0.1) is 25.1 Å². The van der Waals surface area contributed by atoms with E-state index in [1.807, 2.05) is 6.92 Å². The summed E-state index contributed by atoms with van der Waals surface area (Å²) in [5.74, 6) is -4.54. The summed E-state index contributed by atoms with van der Waals surface area (Å²) in [7, 11) is 1.46. The van der Waals surface area contributed by atoms with Crippen LogP contribution in [0.25, 0.3) is 0 Å². The summed E-state index contributed by atoms with van der Waals surface area (Å²) < 4.78 is 106. The van der Waals surface area contributed by atoms with E-state index in [0.717, 1.165) is 17.0 Å². The number of halogens is 7. The summed E-state index contributed by atoms with van der Waals surface area (Å²) in [5.41, 5.74) is -2.14. The van der Waals surface area contributed by atoms with Gasteiger partial charge in [0.25, 0.3) is 5.91 Å². The van der Waals surface area contributed by atoms with Crippen LogP contribution in [0.15, 0.2) is 42.5 Å². The van der Waals surface area contributed by atoms with Crippen molar-refractivity contribution in [3.63, 3.8) is 0 Å². The van der Waals surface area contributed by atoms with Gasteiger partial charge in [0.2, 0.25) is 11.6 Å². The molecule has 0 saturated carbocycles. The van der Waals surface area contributed by atoms with E-state index in [-0.39, 0.29) is 70.9 Å². The number of alkyl halides is 7. The third-order valence-electron chi connectivity index (χ3n) is 11.8. The Labute approximate surface area is 309 Å². The maximum atomic E-state index is 17.7. The molecule has 5 atom stereocenters. The first-order valence-corrected chi connectivity index (χ1v) is 18.3. The molecule has 54 heavy (non-hydrogen) atoms. The van der Waals surface area contributed by atoms with Gasteiger partial charge >= 0.3 is 18.3 Å². The number of carbonyl (C=O) groups is 3. The van der Waals surface area contributed by atoms with Gasteiger partial charge in [-0.05, 0) is 67.0 Å². The topological polar surface area (TPSA) is 93.6 Å². The second-order valence-corrected chi connectivity index (χ2v) is 15.0. The number of anilines is 1. The second-order valence-electron chi connectivity index (χ2n) is 15.0. The van der Waals surface area contributed by atoms with Crippen molar-refractivity contribution in [1.29, 1.82) is 0 Å². The molecule has 9 nitrogen and oxygen atoms in total. The largest absolute Gasteiger partial charge is 0.497 e. The van der Waals surface area contributed by atoms with Crippen LogP contribution in [-0.4, -0.2) is 115 Å². The highest BCUT2D eigenvalue weighted by Gasteiger charge is 2.57. The Kier molecular flexibility index (Phi) is 11.2. The molecule has 2 amide bonds. The predicted molar refractivity (Wildman–Crippen MR) is 184 cm³/mol. The monoisotopic (exact) mass is 770 g/mol. The average Bonchev–Trinajstić information content (AvgIpc) is 3.89. The van der Waals surface area contributed by atoms with E-state index in [1.54, 1.807) is 29.2 Å². The fraction of sp³-hybridized carbons (Fsp3) is 0.605. The van der Waals surface area contributed by atoms with Crippen molar-refractivity contribution in [2.75, 3.05) is 64.4 Å². The maximum absolute atomic E-state index is 17.7. The lowest BCUT2D eigenvalue weighted by atomic mass is 9.84. The number of carboxylic acids is 1. The van der Waals surface area contributed by atoms with Crippen LogP contribution in [0.2, 0.25) is 0 Å². The number of methoxy groups -OCH3 is 1. The zero-order valence-corrected chi connectivity index (χ0v) is 30.1. The third kappa shape index (κ3) is 7.85. The van der Waals surface area contributed by atoms with E-state index in [4.69, 9.17) is 4.74 Å². The molecule has 2 aromatic carbocycles. The number of amides is 2. The van der Waals surface area contributed by atoms with Gasteiger partial charge in [-0.1, -0.05) is 31.5 Å². The molecule has 0 aliphatic carbocycles.